The minimum atomic E-state index is -0.361. The predicted molar refractivity (Wildman–Crippen MR) is 65.7 cm³/mol. The van der Waals surface area contributed by atoms with E-state index in [2.05, 4.69) is 10.3 Å². The number of rotatable bonds is 4. The quantitative estimate of drug-likeness (QED) is 0.738. The third-order valence-corrected chi connectivity index (χ3v) is 2.41. The van der Waals surface area contributed by atoms with Crippen molar-refractivity contribution < 1.29 is 9.90 Å². The zero-order valence-electron chi connectivity index (χ0n) is 9.18. The van der Waals surface area contributed by atoms with Crippen molar-refractivity contribution in [2.24, 2.45) is 5.73 Å². The maximum atomic E-state index is 10.6. The van der Waals surface area contributed by atoms with E-state index in [1.807, 2.05) is 12.1 Å². The number of nitrogens with one attached hydrogen (secondary N) is 1. The number of primary amides is 1. The van der Waals surface area contributed by atoms with Gasteiger partial charge in [0.15, 0.2) is 0 Å². The summed E-state index contributed by atoms with van der Waals surface area (Å²) in [6, 6.07) is 6.92. The molecular formula is C12H13N3O2. The maximum absolute atomic E-state index is 10.6. The van der Waals surface area contributed by atoms with Crippen LogP contribution in [0, 0.1) is 0 Å². The Balaban J connectivity index is 2.27. The van der Waals surface area contributed by atoms with Gasteiger partial charge in [0.25, 0.3) is 0 Å². The molecule has 1 heterocycles. The van der Waals surface area contributed by atoms with Gasteiger partial charge in [0, 0.05) is 24.5 Å². The molecule has 1 aromatic carbocycles. The fourth-order valence-corrected chi connectivity index (χ4v) is 1.60. The summed E-state index contributed by atoms with van der Waals surface area (Å²) < 4.78 is 0. The van der Waals surface area contributed by atoms with E-state index in [9.17, 15) is 9.90 Å². The highest BCUT2D eigenvalue weighted by atomic mass is 16.3. The van der Waals surface area contributed by atoms with Gasteiger partial charge in [-0.05, 0) is 23.6 Å². The van der Waals surface area contributed by atoms with E-state index in [0.717, 1.165) is 10.8 Å². The smallest absolute Gasteiger partial charge is 0.219 e. The van der Waals surface area contributed by atoms with Gasteiger partial charge < -0.3 is 16.2 Å². The number of hydrogen-bond donors (Lipinski definition) is 3. The molecule has 0 aliphatic rings. The summed E-state index contributed by atoms with van der Waals surface area (Å²) in [4.78, 5) is 14.8. The molecule has 0 aliphatic carbocycles. The van der Waals surface area contributed by atoms with Crippen LogP contribution in [0.5, 0.6) is 5.75 Å². The second-order valence-electron chi connectivity index (χ2n) is 3.71. The molecule has 0 unspecified atom stereocenters. The molecule has 0 saturated carbocycles. The SMILES string of the molecule is NC(=O)CCNc1nccc2ccc(O)cc12. The normalized spacial score (nSPS) is 10.4. The first-order valence-corrected chi connectivity index (χ1v) is 5.27. The molecule has 0 atom stereocenters. The van der Waals surface area contributed by atoms with E-state index in [4.69, 9.17) is 5.73 Å². The number of anilines is 1. The summed E-state index contributed by atoms with van der Waals surface area (Å²) in [5.41, 5.74) is 5.05. The molecule has 0 fully saturated rings. The number of hydrogen-bond acceptors (Lipinski definition) is 4. The third-order valence-electron chi connectivity index (χ3n) is 2.41. The van der Waals surface area contributed by atoms with E-state index in [1.54, 1.807) is 18.3 Å². The number of aromatic hydroxyl groups is 1. The van der Waals surface area contributed by atoms with Gasteiger partial charge in [-0.15, -0.1) is 0 Å². The van der Waals surface area contributed by atoms with Gasteiger partial charge in [-0.3, -0.25) is 4.79 Å². The number of phenols is 1. The van der Waals surface area contributed by atoms with Crippen molar-refractivity contribution in [3.63, 3.8) is 0 Å². The highest BCUT2D eigenvalue weighted by molar-refractivity contribution is 5.92. The Morgan fingerprint density at radius 2 is 2.24 bits per heavy atom. The lowest BCUT2D eigenvalue weighted by Gasteiger charge is -2.07. The number of aromatic nitrogens is 1. The minimum absolute atomic E-state index is 0.184. The van der Waals surface area contributed by atoms with Crippen molar-refractivity contribution in [2.45, 2.75) is 6.42 Å². The van der Waals surface area contributed by atoms with Crippen LogP contribution >= 0.6 is 0 Å². The second kappa shape index (κ2) is 4.69. The van der Waals surface area contributed by atoms with Crippen LogP contribution in [0.3, 0.4) is 0 Å². The van der Waals surface area contributed by atoms with Crippen LogP contribution in [-0.4, -0.2) is 22.5 Å². The highest BCUT2D eigenvalue weighted by Crippen LogP contribution is 2.24. The van der Waals surface area contributed by atoms with Gasteiger partial charge in [-0.25, -0.2) is 4.98 Å². The standard InChI is InChI=1S/C12H13N3O2/c13-11(17)4-6-15-12-10-7-9(16)2-1-8(10)3-5-14-12/h1-3,5,7,16H,4,6H2,(H2,13,17)(H,14,15). The molecule has 17 heavy (non-hydrogen) atoms. The molecule has 0 bridgehead atoms. The molecular weight excluding hydrogens is 218 g/mol. The van der Waals surface area contributed by atoms with Gasteiger partial charge >= 0.3 is 0 Å². The van der Waals surface area contributed by atoms with Crippen molar-refractivity contribution in [3.05, 3.63) is 30.5 Å². The van der Waals surface area contributed by atoms with Crippen molar-refractivity contribution in [2.75, 3.05) is 11.9 Å². The van der Waals surface area contributed by atoms with Crippen LogP contribution in [0.1, 0.15) is 6.42 Å². The Morgan fingerprint density at radius 1 is 1.41 bits per heavy atom. The van der Waals surface area contributed by atoms with E-state index in [-0.39, 0.29) is 18.1 Å². The van der Waals surface area contributed by atoms with E-state index >= 15 is 0 Å². The van der Waals surface area contributed by atoms with Crippen LogP contribution in [-0.2, 0) is 4.79 Å². The Bertz CT molecular complexity index is 554. The molecule has 2 aromatic rings. The van der Waals surface area contributed by atoms with E-state index in [0.29, 0.717) is 12.4 Å². The molecule has 0 aliphatic heterocycles. The Morgan fingerprint density at radius 3 is 3.00 bits per heavy atom. The monoisotopic (exact) mass is 231 g/mol. The summed E-state index contributed by atoms with van der Waals surface area (Å²) in [7, 11) is 0. The summed E-state index contributed by atoms with van der Waals surface area (Å²) in [6.07, 6.45) is 1.92. The van der Waals surface area contributed by atoms with Gasteiger partial charge in [-0.1, -0.05) is 6.07 Å². The molecule has 5 heteroatoms. The van der Waals surface area contributed by atoms with Crippen LogP contribution in [0.25, 0.3) is 10.8 Å². The minimum Gasteiger partial charge on any atom is -0.508 e. The highest BCUT2D eigenvalue weighted by Gasteiger charge is 2.03. The number of carbonyl (C=O) groups is 1. The number of carbonyl (C=O) groups excluding carboxylic acids is 1. The number of fused-ring (bicyclic) bond motifs is 1. The number of pyridine rings is 1. The Labute approximate surface area is 98.3 Å². The first kappa shape index (κ1) is 11.2. The predicted octanol–water partition coefficient (Wildman–Crippen LogP) is 1.23. The molecule has 0 spiro atoms. The van der Waals surface area contributed by atoms with Gasteiger partial charge in [-0.2, -0.15) is 0 Å². The van der Waals surface area contributed by atoms with Crippen molar-refractivity contribution in [3.8, 4) is 5.75 Å². The van der Waals surface area contributed by atoms with E-state index < -0.39 is 0 Å². The maximum Gasteiger partial charge on any atom is 0.219 e. The van der Waals surface area contributed by atoms with Crippen LogP contribution < -0.4 is 11.1 Å². The Hall–Kier alpha value is -2.30. The largest absolute Gasteiger partial charge is 0.508 e. The van der Waals surface area contributed by atoms with Crippen LogP contribution in [0.4, 0.5) is 5.82 Å². The lowest BCUT2D eigenvalue weighted by atomic mass is 10.1. The van der Waals surface area contributed by atoms with Gasteiger partial charge in [0.2, 0.25) is 5.91 Å². The summed E-state index contributed by atoms with van der Waals surface area (Å²) in [5.74, 6) is 0.462. The number of benzene rings is 1. The molecule has 0 saturated heterocycles. The lowest BCUT2D eigenvalue weighted by molar-refractivity contribution is -0.117. The number of phenolic OH excluding ortho intramolecular Hbond substituents is 1. The molecule has 1 amide bonds. The summed E-state index contributed by atoms with van der Waals surface area (Å²) in [5, 5.41) is 14.3. The first-order valence-electron chi connectivity index (χ1n) is 5.27. The van der Waals surface area contributed by atoms with E-state index in [1.165, 1.54) is 0 Å². The van der Waals surface area contributed by atoms with Crippen molar-refractivity contribution >= 4 is 22.5 Å². The van der Waals surface area contributed by atoms with Gasteiger partial charge in [0.05, 0.1) is 0 Å². The third kappa shape index (κ3) is 2.63. The van der Waals surface area contributed by atoms with Crippen LogP contribution in [0.2, 0.25) is 0 Å². The fraction of sp³-hybridized carbons (Fsp3) is 0.167. The summed E-state index contributed by atoms with van der Waals surface area (Å²) >= 11 is 0. The lowest BCUT2D eigenvalue weighted by Crippen LogP contribution is -2.16. The number of nitrogens with zero attached hydrogens (tertiary/aromatic N) is 1. The van der Waals surface area contributed by atoms with Crippen LogP contribution in [0.15, 0.2) is 30.5 Å². The molecule has 5 nitrogen and oxygen atoms in total. The van der Waals surface area contributed by atoms with Crippen molar-refractivity contribution in [1.29, 1.82) is 0 Å². The number of nitrogens with two attached hydrogens (primary N) is 1. The average molecular weight is 231 g/mol. The van der Waals surface area contributed by atoms with Crippen molar-refractivity contribution in [1.82, 2.24) is 4.98 Å². The molecule has 4 N–H and O–H groups in total. The molecule has 0 radical (unpaired) electrons. The van der Waals surface area contributed by atoms with Gasteiger partial charge in [0.1, 0.15) is 11.6 Å². The zero-order chi connectivity index (χ0) is 12.3. The molecule has 88 valence electrons. The summed E-state index contributed by atoms with van der Waals surface area (Å²) in [6.45, 7) is 0.428. The Kier molecular flexibility index (Phi) is 3.09. The second-order valence-corrected chi connectivity index (χ2v) is 3.71. The average Bonchev–Trinajstić information content (AvgIpc) is 2.29. The first-order chi connectivity index (χ1) is 8.16. The molecule has 2 rings (SSSR count). The topological polar surface area (TPSA) is 88.2 Å². The number of amides is 1. The fourth-order valence-electron chi connectivity index (χ4n) is 1.60. The zero-order valence-corrected chi connectivity index (χ0v) is 9.18. The molecule has 1 aromatic heterocycles.